The molecular weight excluding hydrogens is 406 g/mol. The van der Waals surface area contributed by atoms with Gasteiger partial charge in [0.05, 0.1) is 24.8 Å². The molecule has 9 heteroatoms. The molecule has 0 fully saturated rings. The molecule has 30 heavy (non-hydrogen) atoms. The maximum absolute atomic E-state index is 12.8. The lowest BCUT2D eigenvalue weighted by molar-refractivity contribution is 0.0993. The summed E-state index contributed by atoms with van der Waals surface area (Å²) < 4.78 is 38.0. The number of benzene rings is 2. The van der Waals surface area contributed by atoms with Crippen molar-refractivity contribution in [3.8, 4) is 11.5 Å². The third-order valence-electron chi connectivity index (χ3n) is 4.40. The van der Waals surface area contributed by atoms with Crippen LogP contribution < -0.4 is 19.1 Å². The second kappa shape index (κ2) is 8.83. The van der Waals surface area contributed by atoms with Gasteiger partial charge in [-0.3, -0.25) is 14.5 Å². The predicted octanol–water partition coefficient (Wildman–Crippen LogP) is 3.18. The number of amides is 1. The van der Waals surface area contributed by atoms with Crippen LogP contribution in [0.4, 0.5) is 11.4 Å². The molecule has 1 amide bonds. The fraction of sp³-hybridized carbons (Fsp3) is 0.143. The fourth-order valence-corrected chi connectivity index (χ4v) is 3.81. The largest absolute Gasteiger partial charge is 0.493 e. The van der Waals surface area contributed by atoms with Crippen molar-refractivity contribution in [2.45, 2.75) is 4.90 Å². The molecule has 0 saturated carbocycles. The molecule has 156 valence electrons. The van der Waals surface area contributed by atoms with Crippen LogP contribution >= 0.6 is 0 Å². The molecule has 0 aliphatic heterocycles. The number of nitrogens with zero attached hydrogens (tertiary/aromatic N) is 2. The Bertz CT molecular complexity index is 1130. The smallest absolute Gasteiger partial charge is 0.261 e. The van der Waals surface area contributed by atoms with Gasteiger partial charge in [-0.1, -0.05) is 0 Å². The first kappa shape index (κ1) is 21.1. The maximum atomic E-state index is 12.8. The Kier molecular flexibility index (Phi) is 6.22. The Morgan fingerprint density at radius 1 is 0.933 bits per heavy atom. The van der Waals surface area contributed by atoms with E-state index in [1.165, 1.54) is 55.8 Å². The van der Waals surface area contributed by atoms with Gasteiger partial charge in [-0.15, -0.1) is 0 Å². The van der Waals surface area contributed by atoms with Crippen molar-refractivity contribution in [2.75, 3.05) is 30.9 Å². The highest BCUT2D eigenvalue weighted by molar-refractivity contribution is 7.92. The number of aromatic nitrogens is 1. The molecule has 3 aromatic rings. The third kappa shape index (κ3) is 4.52. The first-order valence-corrected chi connectivity index (χ1v) is 10.4. The number of rotatable bonds is 7. The highest BCUT2D eigenvalue weighted by Crippen LogP contribution is 2.31. The number of pyridine rings is 1. The fourth-order valence-electron chi connectivity index (χ4n) is 2.76. The van der Waals surface area contributed by atoms with Crippen molar-refractivity contribution in [1.29, 1.82) is 0 Å². The van der Waals surface area contributed by atoms with Crippen LogP contribution in [-0.2, 0) is 10.0 Å². The van der Waals surface area contributed by atoms with E-state index in [0.717, 1.165) is 0 Å². The molecule has 8 nitrogen and oxygen atoms in total. The molecule has 0 aliphatic rings. The summed E-state index contributed by atoms with van der Waals surface area (Å²) in [5.41, 5.74) is 1.35. The Hall–Kier alpha value is -3.59. The van der Waals surface area contributed by atoms with E-state index in [9.17, 15) is 13.2 Å². The molecule has 3 rings (SSSR count). The SMILES string of the molecule is COc1ccc(N(C)C(=O)c2ccc(S(=O)(=O)Nc3ccncc3)cc2)cc1OC. The molecule has 2 aromatic carbocycles. The number of nitrogens with one attached hydrogen (secondary N) is 1. The molecule has 0 radical (unpaired) electrons. The average molecular weight is 427 g/mol. The van der Waals surface area contributed by atoms with Gasteiger partial charge in [-0.05, 0) is 48.5 Å². The van der Waals surface area contributed by atoms with Crippen molar-refractivity contribution in [2.24, 2.45) is 0 Å². The van der Waals surface area contributed by atoms with Gasteiger partial charge >= 0.3 is 0 Å². The molecule has 0 aliphatic carbocycles. The van der Waals surface area contributed by atoms with E-state index in [1.807, 2.05) is 0 Å². The van der Waals surface area contributed by atoms with Gasteiger partial charge in [0.25, 0.3) is 15.9 Å². The average Bonchev–Trinajstić information content (AvgIpc) is 2.78. The number of methoxy groups -OCH3 is 2. The van der Waals surface area contributed by atoms with Crippen LogP contribution in [0, 0.1) is 0 Å². The molecule has 0 saturated heterocycles. The van der Waals surface area contributed by atoms with Crippen LogP contribution in [-0.4, -0.2) is 40.6 Å². The summed E-state index contributed by atoms with van der Waals surface area (Å²) in [6.07, 6.45) is 2.98. The summed E-state index contributed by atoms with van der Waals surface area (Å²) in [6, 6.07) is 13.9. The Labute approximate surface area is 175 Å². The molecule has 1 aromatic heterocycles. The number of hydrogen-bond acceptors (Lipinski definition) is 6. The first-order valence-electron chi connectivity index (χ1n) is 8.88. The summed E-state index contributed by atoms with van der Waals surface area (Å²) in [4.78, 5) is 18.2. The molecule has 0 spiro atoms. The van der Waals surface area contributed by atoms with E-state index in [4.69, 9.17) is 9.47 Å². The molecule has 1 N–H and O–H groups in total. The summed E-state index contributed by atoms with van der Waals surface area (Å²) in [5, 5.41) is 0. The second-order valence-corrected chi connectivity index (χ2v) is 7.95. The standard InChI is InChI=1S/C21H21N3O5S/c1-24(17-6-9-19(28-2)20(14-17)29-3)21(25)15-4-7-18(8-5-15)30(26,27)23-16-10-12-22-13-11-16/h4-14H,1-3H3,(H,22,23). The summed E-state index contributed by atoms with van der Waals surface area (Å²) in [7, 11) is 0.896. The van der Waals surface area contributed by atoms with E-state index in [-0.39, 0.29) is 10.8 Å². The lowest BCUT2D eigenvalue weighted by atomic mass is 10.2. The van der Waals surface area contributed by atoms with E-state index in [1.54, 1.807) is 37.4 Å². The van der Waals surface area contributed by atoms with Crippen molar-refractivity contribution in [1.82, 2.24) is 4.98 Å². The van der Waals surface area contributed by atoms with Crippen LogP contribution in [0.3, 0.4) is 0 Å². The van der Waals surface area contributed by atoms with Gasteiger partial charge < -0.3 is 14.4 Å². The van der Waals surface area contributed by atoms with Crippen molar-refractivity contribution < 1.29 is 22.7 Å². The van der Waals surface area contributed by atoms with E-state index < -0.39 is 10.0 Å². The lowest BCUT2D eigenvalue weighted by Crippen LogP contribution is -2.26. The minimum atomic E-state index is -3.78. The third-order valence-corrected chi connectivity index (χ3v) is 5.80. The van der Waals surface area contributed by atoms with Gasteiger partial charge in [0.1, 0.15) is 0 Å². The molecule has 0 atom stereocenters. The van der Waals surface area contributed by atoms with Crippen LogP contribution in [0.25, 0.3) is 0 Å². The Morgan fingerprint density at radius 2 is 1.57 bits per heavy atom. The zero-order chi connectivity index (χ0) is 21.7. The Morgan fingerprint density at radius 3 is 2.17 bits per heavy atom. The normalized spacial score (nSPS) is 10.9. The van der Waals surface area contributed by atoms with Crippen molar-refractivity contribution >= 4 is 27.3 Å². The molecular formula is C21H21N3O5S. The summed E-state index contributed by atoms with van der Waals surface area (Å²) in [6.45, 7) is 0. The van der Waals surface area contributed by atoms with Gasteiger partial charge in [0, 0.05) is 36.8 Å². The Balaban J connectivity index is 1.79. The topological polar surface area (TPSA) is 97.8 Å². The van der Waals surface area contributed by atoms with Crippen molar-refractivity contribution in [3.63, 3.8) is 0 Å². The maximum Gasteiger partial charge on any atom is 0.261 e. The summed E-state index contributed by atoms with van der Waals surface area (Å²) in [5.74, 6) is 0.755. The number of carbonyl (C=O) groups is 1. The number of ether oxygens (including phenoxy) is 2. The molecule has 0 unspecified atom stereocenters. The van der Waals surface area contributed by atoms with Gasteiger partial charge in [0.15, 0.2) is 11.5 Å². The highest BCUT2D eigenvalue weighted by atomic mass is 32.2. The van der Waals surface area contributed by atoms with Crippen LogP contribution in [0.5, 0.6) is 11.5 Å². The molecule has 0 bridgehead atoms. The zero-order valence-electron chi connectivity index (χ0n) is 16.7. The highest BCUT2D eigenvalue weighted by Gasteiger charge is 2.18. The quantitative estimate of drug-likeness (QED) is 0.622. The van der Waals surface area contributed by atoms with E-state index in [2.05, 4.69) is 9.71 Å². The van der Waals surface area contributed by atoms with Crippen LogP contribution in [0.2, 0.25) is 0 Å². The number of sulfonamides is 1. The van der Waals surface area contributed by atoms with Crippen LogP contribution in [0.1, 0.15) is 10.4 Å². The van der Waals surface area contributed by atoms with Gasteiger partial charge in [-0.2, -0.15) is 0 Å². The predicted molar refractivity (Wildman–Crippen MR) is 114 cm³/mol. The lowest BCUT2D eigenvalue weighted by Gasteiger charge is -2.19. The molecule has 1 heterocycles. The minimum Gasteiger partial charge on any atom is -0.493 e. The van der Waals surface area contributed by atoms with E-state index in [0.29, 0.717) is 28.4 Å². The monoisotopic (exact) mass is 427 g/mol. The minimum absolute atomic E-state index is 0.0460. The van der Waals surface area contributed by atoms with Gasteiger partial charge in [0.2, 0.25) is 0 Å². The number of anilines is 2. The summed E-state index contributed by atoms with van der Waals surface area (Å²) >= 11 is 0. The zero-order valence-corrected chi connectivity index (χ0v) is 17.5. The van der Waals surface area contributed by atoms with Crippen molar-refractivity contribution in [3.05, 3.63) is 72.6 Å². The van der Waals surface area contributed by atoms with E-state index >= 15 is 0 Å². The second-order valence-electron chi connectivity index (χ2n) is 6.27. The van der Waals surface area contributed by atoms with Gasteiger partial charge in [-0.25, -0.2) is 8.42 Å². The first-order chi connectivity index (χ1) is 14.4. The van der Waals surface area contributed by atoms with Crippen LogP contribution in [0.15, 0.2) is 71.9 Å². The number of hydrogen-bond donors (Lipinski definition) is 1. The number of carbonyl (C=O) groups excluding carboxylic acids is 1.